The number of hydrogen-bond acceptors (Lipinski definition) is 3. The highest BCUT2D eigenvalue weighted by Crippen LogP contribution is 2.27. The number of esters is 2. The zero-order valence-corrected chi connectivity index (χ0v) is 8.54. The first-order valence-corrected chi connectivity index (χ1v) is 4.33. The molecule has 0 fully saturated rings. The third-order valence-corrected chi connectivity index (χ3v) is 1.36. The second-order valence-electron chi connectivity index (χ2n) is 2.01. The summed E-state index contributed by atoms with van der Waals surface area (Å²) in [7, 11) is 0. The molecule has 0 radical (unpaired) electrons. The molecule has 0 aliphatic heterocycles. The van der Waals surface area contributed by atoms with Crippen LogP contribution in [0.1, 0.15) is 19.8 Å². The van der Waals surface area contributed by atoms with E-state index in [-0.39, 0.29) is 6.42 Å². The van der Waals surface area contributed by atoms with E-state index in [0.717, 1.165) is 0 Å². The molecule has 3 nitrogen and oxygen atoms in total. The van der Waals surface area contributed by atoms with E-state index in [1.807, 2.05) is 0 Å². The molecule has 0 saturated carbocycles. The largest absolute Gasteiger partial charge is 0.390 e. The van der Waals surface area contributed by atoms with Gasteiger partial charge < -0.3 is 4.74 Å². The Bertz CT molecular complexity index is 185. The maximum absolute atomic E-state index is 10.7. The molecule has 0 rings (SSSR count). The fourth-order valence-corrected chi connectivity index (χ4v) is 0.532. The van der Waals surface area contributed by atoms with Crippen molar-refractivity contribution in [1.29, 1.82) is 0 Å². The Morgan fingerprint density at radius 2 is 1.83 bits per heavy atom. The summed E-state index contributed by atoms with van der Waals surface area (Å²) >= 11 is 15.4. The van der Waals surface area contributed by atoms with Crippen LogP contribution in [0.3, 0.4) is 0 Å². The molecule has 0 amide bonds. The van der Waals surface area contributed by atoms with Crippen LogP contribution in [0.25, 0.3) is 0 Å². The lowest BCUT2D eigenvalue weighted by atomic mass is 10.3. The molecule has 0 aliphatic carbocycles. The highest BCUT2D eigenvalue weighted by Gasteiger charge is 2.34. The van der Waals surface area contributed by atoms with Crippen LogP contribution in [0.4, 0.5) is 0 Å². The van der Waals surface area contributed by atoms with Gasteiger partial charge in [-0.3, -0.25) is 4.79 Å². The zero-order chi connectivity index (χ0) is 9.78. The van der Waals surface area contributed by atoms with Gasteiger partial charge in [0, 0.05) is 6.42 Å². The first kappa shape index (κ1) is 12.0. The molecule has 0 spiro atoms. The molecule has 0 unspecified atom stereocenters. The monoisotopic (exact) mass is 232 g/mol. The predicted octanol–water partition coefficient (Wildman–Crippen LogP) is 2.23. The molecule has 0 aromatic carbocycles. The van der Waals surface area contributed by atoms with Crippen LogP contribution in [0.2, 0.25) is 0 Å². The van der Waals surface area contributed by atoms with E-state index < -0.39 is 15.7 Å². The summed E-state index contributed by atoms with van der Waals surface area (Å²) in [4.78, 5) is 21.4. The van der Waals surface area contributed by atoms with Crippen molar-refractivity contribution >= 4 is 46.7 Å². The van der Waals surface area contributed by atoms with Gasteiger partial charge in [0.2, 0.25) is 0 Å². The number of alkyl halides is 3. The Morgan fingerprint density at radius 1 is 1.33 bits per heavy atom. The third-order valence-electron chi connectivity index (χ3n) is 0.892. The molecule has 0 N–H and O–H groups in total. The van der Waals surface area contributed by atoms with E-state index in [2.05, 4.69) is 4.74 Å². The molecule has 0 saturated heterocycles. The fraction of sp³-hybridized carbons (Fsp3) is 0.667. The predicted molar refractivity (Wildman–Crippen MR) is 46.3 cm³/mol. The van der Waals surface area contributed by atoms with Gasteiger partial charge in [0.05, 0.1) is 0 Å². The van der Waals surface area contributed by atoms with Gasteiger partial charge in [0.25, 0.3) is 3.79 Å². The summed E-state index contributed by atoms with van der Waals surface area (Å²) in [5, 5.41) is 0. The summed E-state index contributed by atoms with van der Waals surface area (Å²) in [6.07, 6.45) is 0.707. The molecule has 12 heavy (non-hydrogen) atoms. The Hall–Kier alpha value is 0.01000. The lowest BCUT2D eigenvalue weighted by Crippen LogP contribution is -2.24. The van der Waals surface area contributed by atoms with E-state index in [1.165, 1.54) is 0 Å². The van der Waals surface area contributed by atoms with Crippen LogP contribution in [0.5, 0.6) is 0 Å². The van der Waals surface area contributed by atoms with Crippen LogP contribution in [-0.4, -0.2) is 15.7 Å². The van der Waals surface area contributed by atoms with Gasteiger partial charge in [0.15, 0.2) is 0 Å². The molecule has 6 heteroatoms. The van der Waals surface area contributed by atoms with Gasteiger partial charge >= 0.3 is 11.9 Å². The summed E-state index contributed by atoms with van der Waals surface area (Å²) in [6.45, 7) is 1.76. The average Bonchev–Trinajstić information content (AvgIpc) is 1.85. The minimum Gasteiger partial charge on any atom is -0.390 e. The van der Waals surface area contributed by atoms with E-state index >= 15 is 0 Å². The van der Waals surface area contributed by atoms with Crippen molar-refractivity contribution in [3.8, 4) is 0 Å². The molecule has 0 aromatic heterocycles. The Morgan fingerprint density at radius 3 is 2.17 bits per heavy atom. The van der Waals surface area contributed by atoms with Crippen molar-refractivity contribution in [1.82, 2.24) is 0 Å². The minimum absolute atomic E-state index is 0.131. The number of hydrogen-bond donors (Lipinski definition) is 0. The van der Waals surface area contributed by atoms with Gasteiger partial charge in [-0.2, -0.15) is 0 Å². The van der Waals surface area contributed by atoms with E-state index in [4.69, 9.17) is 34.8 Å². The first-order chi connectivity index (χ1) is 5.38. The summed E-state index contributed by atoms with van der Waals surface area (Å²) in [6, 6.07) is 0. The van der Waals surface area contributed by atoms with Crippen LogP contribution < -0.4 is 0 Å². The summed E-state index contributed by atoms with van der Waals surface area (Å²) in [5.74, 6) is -1.85. The fourth-order valence-electron chi connectivity index (χ4n) is 0.416. The topological polar surface area (TPSA) is 43.4 Å². The van der Waals surface area contributed by atoms with E-state index in [0.29, 0.717) is 6.42 Å². The number of carbonyl (C=O) groups excluding carboxylic acids is 2. The molecule has 0 bridgehead atoms. The molecular weight excluding hydrogens is 226 g/mol. The normalized spacial score (nSPS) is 11.0. The van der Waals surface area contributed by atoms with Gasteiger partial charge in [-0.25, -0.2) is 4.79 Å². The number of halogens is 3. The molecular formula is C6H7Cl3O3. The van der Waals surface area contributed by atoms with E-state index in [9.17, 15) is 9.59 Å². The van der Waals surface area contributed by atoms with Crippen molar-refractivity contribution in [2.24, 2.45) is 0 Å². The molecule has 0 aliphatic rings. The minimum atomic E-state index is -2.18. The molecule has 70 valence electrons. The average molecular weight is 233 g/mol. The van der Waals surface area contributed by atoms with E-state index in [1.54, 1.807) is 6.92 Å². The summed E-state index contributed by atoms with van der Waals surface area (Å²) < 4.78 is 2.00. The quantitative estimate of drug-likeness (QED) is 0.417. The standard InChI is InChI=1S/C6H7Cl3O3/c1-2-3-4(10)12-5(11)6(7,8)9/h2-3H2,1H3. The number of carbonyl (C=O) groups is 2. The van der Waals surface area contributed by atoms with Gasteiger partial charge in [-0.1, -0.05) is 41.7 Å². The van der Waals surface area contributed by atoms with Crippen molar-refractivity contribution in [3.05, 3.63) is 0 Å². The van der Waals surface area contributed by atoms with Crippen LogP contribution >= 0.6 is 34.8 Å². The van der Waals surface area contributed by atoms with Crippen molar-refractivity contribution in [2.45, 2.75) is 23.6 Å². The Labute approximate surface area is 84.9 Å². The zero-order valence-electron chi connectivity index (χ0n) is 6.27. The second kappa shape index (κ2) is 4.90. The maximum Gasteiger partial charge on any atom is 0.366 e. The van der Waals surface area contributed by atoms with Crippen molar-refractivity contribution in [2.75, 3.05) is 0 Å². The van der Waals surface area contributed by atoms with Gasteiger partial charge in [-0.05, 0) is 6.42 Å². The lowest BCUT2D eigenvalue weighted by Gasteiger charge is -2.07. The van der Waals surface area contributed by atoms with Gasteiger partial charge in [0.1, 0.15) is 0 Å². The Balaban J connectivity index is 3.94. The summed E-state index contributed by atoms with van der Waals surface area (Å²) in [5.41, 5.74) is 0. The molecule has 0 aromatic rings. The molecule has 0 heterocycles. The number of ether oxygens (including phenoxy) is 1. The maximum atomic E-state index is 10.7. The number of rotatable bonds is 2. The first-order valence-electron chi connectivity index (χ1n) is 3.19. The third kappa shape index (κ3) is 4.80. The Kier molecular flexibility index (Phi) is 4.90. The highest BCUT2D eigenvalue weighted by molar-refractivity contribution is 6.75. The SMILES string of the molecule is CCCC(=O)OC(=O)C(Cl)(Cl)Cl. The smallest absolute Gasteiger partial charge is 0.366 e. The van der Waals surface area contributed by atoms with Crippen LogP contribution in [0.15, 0.2) is 0 Å². The van der Waals surface area contributed by atoms with Gasteiger partial charge in [-0.15, -0.1) is 0 Å². The van der Waals surface area contributed by atoms with Crippen molar-refractivity contribution in [3.63, 3.8) is 0 Å². The lowest BCUT2D eigenvalue weighted by molar-refractivity contribution is -0.158. The second-order valence-corrected chi connectivity index (χ2v) is 4.29. The van der Waals surface area contributed by atoms with Crippen LogP contribution in [0, 0.1) is 0 Å². The molecule has 0 atom stereocenters. The van der Waals surface area contributed by atoms with Crippen LogP contribution in [-0.2, 0) is 14.3 Å². The highest BCUT2D eigenvalue weighted by atomic mass is 35.6. The van der Waals surface area contributed by atoms with Crippen molar-refractivity contribution < 1.29 is 14.3 Å².